The zero-order chi connectivity index (χ0) is 12.2. The molecule has 1 heterocycles. The first kappa shape index (κ1) is 14.0. The van der Waals surface area contributed by atoms with E-state index in [4.69, 9.17) is 11.6 Å². The molecule has 1 amide bonds. The summed E-state index contributed by atoms with van der Waals surface area (Å²) in [5.74, 6) is 0.385. The first-order chi connectivity index (χ1) is 7.45. The topological polar surface area (TPSA) is 29.1 Å². The Morgan fingerprint density at radius 1 is 1.62 bits per heavy atom. The standard InChI is InChI=1S/C11H15BrClNOS/c1-11(2,7-14-10(15)3-4-13)9-5-8(12)6-16-9/h5-6H,3-4,7H2,1-2H3,(H,14,15). The SMILES string of the molecule is CC(C)(CNC(=O)CCCl)c1cc(Br)cs1. The molecule has 0 aliphatic carbocycles. The maximum absolute atomic E-state index is 11.3. The van der Waals surface area contributed by atoms with Crippen molar-refractivity contribution in [2.75, 3.05) is 12.4 Å². The lowest BCUT2D eigenvalue weighted by molar-refractivity contribution is -0.120. The molecule has 2 nitrogen and oxygen atoms in total. The van der Waals surface area contributed by atoms with Gasteiger partial charge in [-0.2, -0.15) is 0 Å². The van der Waals surface area contributed by atoms with Crippen molar-refractivity contribution < 1.29 is 4.79 Å². The summed E-state index contributed by atoms with van der Waals surface area (Å²) < 4.78 is 1.09. The van der Waals surface area contributed by atoms with Gasteiger partial charge < -0.3 is 5.32 Å². The minimum Gasteiger partial charge on any atom is -0.355 e. The molecule has 1 N–H and O–H groups in total. The second-order valence-corrected chi connectivity index (χ2v) is 6.43. The molecular weight excluding hydrogens is 310 g/mol. The van der Waals surface area contributed by atoms with Crippen LogP contribution in [0.2, 0.25) is 0 Å². The van der Waals surface area contributed by atoms with E-state index in [2.05, 4.69) is 46.5 Å². The van der Waals surface area contributed by atoms with Crippen molar-refractivity contribution in [3.63, 3.8) is 0 Å². The number of carbonyl (C=O) groups excluding carboxylic acids is 1. The van der Waals surface area contributed by atoms with E-state index in [1.54, 1.807) is 11.3 Å². The number of halogens is 2. The second-order valence-electron chi connectivity index (χ2n) is 4.23. The lowest BCUT2D eigenvalue weighted by Crippen LogP contribution is -2.36. The second kappa shape index (κ2) is 6.03. The number of rotatable bonds is 5. The molecule has 0 bridgehead atoms. The molecule has 0 atom stereocenters. The van der Waals surface area contributed by atoms with Crippen molar-refractivity contribution in [3.8, 4) is 0 Å². The van der Waals surface area contributed by atoms with Crippen LogP contribution in [0, 0.1) is 0 Å². The summed E-state index contributed by atoms with van der Waals surface area (Å²) in [6, 6.07) is 2.10. The minimum atomic E-state index is -0.0430. The van der Waals surface area contributed by atoms with Gasteiger partial charge in [-0.15, -0.1) is 22.9 Å². The summed E-state index contributed by atoms with van der Waals surface area (Å²) in [4.78, 5) is 12.6. The Morgan fingerprint density at radius 2 is 2.31 bits per heavy atom. The fourth-order valence-corrected chi connectivity index (χ4v) is 2.98. The Bertz CT molecular complexity index is 365. The van der Waals surface area contributed by atoms with Gasteiger partial charge in [0.15, 0.2) is 0 Å². The van der Waals surface area contributed by atoms with E-state index >= 15 is 0 Å². The lowest BCUT2D eigenvalue weighted by atomic mass is 9.91. The fourth-order valence-electron chi connectivity index (χ4n) is 1.25. The average Bonchev–Trinajstić information content (AvgIpc) is 2.63. The van der Waals surface area contributed by atoms with Crippen LogP contribution in [0.3, 0.4) is 0 Å². The van der Waals surface area contributed by atoms with Gasteiger partial charge in [0.25, 0.3) is 0 Å². The highest BCUT2D eigenvalue weighted by atomic mass is 79.9. The summed E-state index contributed by atoms with van der Waals surface area (Å²) >= 11 is 10.6. The monoisotopic (exact) mass is 323 g/mol. The van der Waals surface area contributed by atoms with Gasteiger partial charge in [0.05, 0.1) is 0 Å². The van der Waals surface area contributed by atoms with Crippen LogP contribution in [0.15, 0.2) is 15.9 Å². The Balaban J connectivity index is 2.55. The lowest BCUT2D eigenvalue weighted by Gasteiger charge is -2.23. The molecule has 90 valence electrons. The van der Waals surface area contributed by atoms with Crippen molar-refractivity contribution in [1.29, 1.82) is 0 Å². The highest BCUT2D eigenvalue weighted by molar-refractivity contribution is 9.10. The number of hydrogen-bond donors (Lipinski definition) is 1. The highest BCUT2D eigenvalue weighted by Gasteiger charge is 2.23. The molecule has 1 aromatic rings. The van der Waals surface area contributed by atoms with Gasteiger partial charge in [-0.05, 0) is 22.0 Å². The van der Waals surface area contributed by atoms with Crippen LogP contribution in [-0.2, 0) is 10.2 Å². The Morgan fingerprint density at radius 3 is 2.81 bits per heavy atom. The van der Waals surface area contributed by atoms with Gasteiger partial charge in [-0.25, -0.2) is 0 Å². The van der Waals surface area contributed by atoms with Gasteiger partial charge in [0.2, 0.25) is 5.91 Å². The third kappa shape index (κ3) is 4.07. The van der Waals surface area contributed by atoms with Crippen LogP contribution in [0.5, 0.6) is 0 Å². The van der Waals surface area contributed by atoms with E-state index in [-0.39, 0.29) is 11.3 Å². The van der Waals surface area contributed by atoms with Crippen LogP contribution >= 0.6 is 38.9 Å². The Kier molecular flexibility index (Phi) is 5.28. The van der Waals surface area contributed by atoms with Gasteiger partial charge >= 0.3 is 0 Å². The zero-order valence-electron chi connectivity index (χ0n) is 9.35. The average molecular weight is 325 g/mol. The van der Waals surface area contributed by atoms with Gasteiger partial charge in [0.1, 0.15) is 0 Å². The van der Waals surface area contributed by atoms with Crippen molar-refractivity contribution in [1.82, 2.24) is 5.32 Å². The summed E-state index contributed by atoms with van der Waals surface area (Å²) in [6.07, 6.45) is 0.381. The molecule has 0 aliphatic rings. The summed E-state index contributed by atoms with van der Waals surface area (Å²) in [5, 5.41) is 4.95. The minimum absolute atomic E-state index is 0.0127. The first-order valence-corrected chi connectivity index (χ1v) is 7.23. The van der Waals surface area contributed by atoms with Crippen molar-refractivity contribution in [2.24, 2.45) is 0 Å². The molecule has 1 aromatic heterocycles. The van der Waals surface area contributed by atoms with Gasteiger partial charge in [-0.1, -0.05) is 13.8 Å². The molecule has 0 aromatic carbocycles. The number of amides is 1. The van der Waals surface area contributed by atoms with Crippen molar-refractivity contribution in [2.45, 2.75) is 25.7 Å². The van der Waals surface area contributed by atoms with E-state index in [1.807, 2.05) is 0 Å². The Labute approximate surface area is 114 Å². The molecule has 16 heavy (non-hydrogen) atoms. The normalized spacial score (nSPS) is 11.5. The molecule has 1 rings (SSSR count). The largest absolute Gasteiger partial charge is 0.355 e. The molecule has 0 radical (unpaired) electrons. The van der Waals surface area contributed by atoms with E-state index < -0.39 is 0 Å². The van der Waals surface area contributed by atoms with E-state index in [0.717, 1.165) is 4.47 Å². The zero-order valence-corrected chi connectivity index (χ0v) is 12.5. The molecule has 0 aliphatic heterocycles. The van der Waals surface area contributed by atoms with Crippen LogP contribution in [0.1, 0.15) is 25.1 Å². The van der Waals surface area contributed by atoms with Gasteiger partial charge in [0, 0.05) is 39.0 Å². The summed E-state index contributed by atoms with van der Waals surface area (Å²) in [7, 11) is 0. The first-order valence-electron chi connectivity index (χ1n) is 5.03. The third-order valence-electron chi connectivity index (χ3n) is 2.28. The highest BCUT2D eigenvalue weighted by Crippen LogP contribution is 2.30. The van der Waals surface area contributed by atoms with E-state index in [0.29, 0.717) is 18.8 Å². The maximum Gasteiger partial charge on any atom is 0.221 e. The number of carbonyl (C=O) groups is 1. The predicted molar refractivity (Wildman–Crippen MR) is 73.4 cm³/mol. The van der Waals surface area contributed by atoms with Crippen LogP contribution < -0.4 is 5.32 Å². The quantitative estimate of drug-likeness (QED) is 0.825. The Hall–Kier alpha value is -0.0600. The van der Waals surface area contributed by atoms with Crippen molar-refractivity contribution >= 4 is 44.8 Å². The van der Waals surface area contributed by atoms with E-state index in [9.17, 15) is 4.79 Å². The maximum atomic E-state index is 11.3. The smallest absolute Gasteiger partial charge is 0.221 e. The summed E-state index contributed by atoms with van der Waals surface area (Å²) in [6.45, 7) is 4.87. The van der Waals surface area contributed by atoms with Gasteiger partial charge in [-0.3, -0.25) is 4.79 Å². The molecule has 0 saturated carbocycles. The van der Waals surface area contributed by atoms with Crippen LogP contribution in [0.4, 0.5) is 0 Å². The molecule has 0 spiro atoms. The molecule has 0 fully saturated rings. The fraction of sp³-hybridized carbons (Fsp3) is 0.545. The summed E-state index contributed by atoms with van der Waals surface area (Å²) in [5.41, 5.74) is -0.0430. The molecule has 5 heteroatoms. The molecule has 0 unspecified atom stereocenters. The number of thiophene rings is 1. The molecule has 0 saturated heterocycles. The number of hydrogen-bond acceptors (Lipinski definition) is 2. The van der Waals surface area contributed by atoms with Crippen LogP contribution in [-0.4, -0.2) is 18.3 Å². The van der Waals surface area contributed by atoms with E-state index in [1.165, 1.54) is 4.88 Å². The van der Waals surface area contributed by atoms with Crippen molar-refractivity contribution in [3.05, 3.63) is 20.8 Å². The number of alkyl halides is 1. The number of nitrogens with one attached hydrogen (secondary N) is 1. The van der Waals surface area contributed by atoms with Crippen LogP contribution in [0.25, 0.3) is 0 Å². The molecular formula is C11H15BrClNOS. The third-order valence-corrected chi connectivity index (χ3v) is 4.53. The predicted octanol–water partition coefficient (Wildman–Crippen LogP) is 3.53.